The number of nitrogens with one attached hydrogen (secondary N) is 1. The number of hydrazine groups is 1. The van der Waals surface area contributed by atoms with E-state index in [1.807, 2.05) is 30.3 Å². The first-order valence-electron chi connectivity index (χ1n) is 6.02. The van der Waals surface area contributed by atoms with E-state index in [0.29, 0.717) is 13.0 Å². The number of carbonyl (C=O) groups is 1. The molecule has 1 aromatic rings. The maximum atomic E-state index is 11.1. The first-order chi connectivity index (χ1) is 8.76. The molecule has 98 valence electrons. The normalized spacial score (nSPS) is 10.1. The third-order valence-corrected chi connectivity index (χ3v) is 2.51. The van der Waals surface area contributed by atoms with Gasteiger partial charge in [0.2, 0.25) is 5.91 Å². The van der Waals surface area contributed by atoms with Gasteiger partial charge in [-0.15, -0.1) is 6.58 Å². The zero-order chi connectivity index (χ0) is 13.2. The summed E-state index contributed by atoms with van der Waals surface area (Å²) < 4.78 is 5.52. The number of ether oxygens (including phenoxy) is 1. The molecule has 0 bridgehead atoms. The van der Waals surface area contributed by atoms with Gasteiger partial charge in [0.05, 0.1) is 13.0 Å². The fourth-order valence-corrected chi connectivity index (χ4v) is 1.51. The molecule has 4 heteroatoms. The van der Waals surface area contributed by atoms with E-state index in [2.05, 4.69) is 12.0 Å². The average molecular weight is 248 g/mol. The average Bonchev–Trinajstić information content (AvgIpc) is 2.40. The van der Waals surface area contributed by atoms with Crippen LogP contribution in [-0.4, -0.2) is 12.5 Å². The van der Waals surface area contributed by atoms with Crippen LogP contribution in [0.3, 0.4) is 0 Å². The number of amides is 1. The number of benzene rings is 1. The second kappa shape index (κ2) is 8.44. The molecule has 0 atom stereocenters. The number of allylic oxidation sites excluding steroid dienone is 1. The Balaban J connectivity index is 2.31. The van der Waals surface area contributed by atoms with E-state index in [1.165, 1.54) is 0 Å². The Kier molecular flexibility index (Phi) is 6.76. The number of nitrogens with two attached hydrogens (primary N) is 1. The predicted octanol–water partition coefficient (Wildman–Crippen LogP) is 1.70. The molecule has 1 amide bonds. The Morgan fingerprint density at radius 3 is 2.61 bits per heavy atom. The molecule has 0 saturated carbocycles. The van der Waals surface area contributed by atoms with Crippen molar-refractivity contribution < 1.29 is 9.53 Å². The minimum Gasteiger partial charge on any atom is -0.377 e. The number of hydrogen-bond donors (Lipinski definition) is 2. The Morgan fingerprint density at radius 1 is 1.33 bits per heavy atom. The molecular weight excluding hydrogens is 228 g/mol. The lowest BCUT2D eigenvalue weighted by molar-refractivity contribution is -0.120. The van der Waals surface area contributed by atoms with Crippen LogP contribution in [0.25, 0.3) is 0 Å². The van der Waals surface area contributed by atoms with Crippen molar-refractivity contribution in [1.82, 2.24) is 5.43 Å². The van der Waals surface area contributed by atoms with Gasteiger partial charge < -0.3 is 4.74 Å². The maximum absolute atomic E-state index is 11.1. The summed E-state index contributed by atoms with van der Waals surface area (Å²) in [5, 5.41) is 0. The van der Waals surface area contributed by atoms with Crippen molar-refractivity contribution in [1.29, 1.82) is 0 Å². The van der Waals surface area contributed by atoms with Crippen LogP contribution in [-0.2, 0) is 22.6 Å². The number of rotatable bonds is 8. The minimum atomic E-state index is -0.191. The zero-order valence-corrected chi connectivity index (χ0v) is 10.5. The molecule has 0 heterocycles. The largest absolute Gasteiger partial charge is 0.377 e. The lowest BCUT2D eigenvalue weighted by Crippen LogP contribution is -2.31. The molecule has 0 aromatic heterocycles. The molecule has 4 nitrogen and oxygen atoms in total. The zero-order valence-electron chi connectivity index (χ0n) is 10.5. The van der Waals surface area contributed by atoms with Crippen molar-refractivity contribution in [3.8, 4) is 0 Å². The first-order valence-corrected chi connectivity index (χ1v) is 6.02. The molecular formula is C14H20N2O2. The highest BCUT2D eigenvalue weighted by atomic mass is 16.5. The van der Waals surface area contributed by atoms with Crippen LogP contribution in [0.1, 0.15) is 24.0 Å². The SMILES string of the molecule is C=CCCCOCc1ccc(CC(=O)NN)cc1. The topological polar surface area (TPSA) is 64.3 Å². The molecule has 0 aliphatic rings. The maximum Gasteiger partial charge on any atom is 0.238 e. The monoisotopic (exact) mass is 248 g/mol. The third kappa shape index (κ3) is 5.61. The summed E-state index contributed by atoms with van der Waals surface area (Å²) >= 11 is 0. The summed E-state index contributed by atoms with van der Waals surface area (Å²) in [5.74, 6) is 4.84. The second-order valence-electron chi connectivity index (χ2n) is 4.04. The summed E-state index contributed by atoms with van der Waals surface area (Å²) in [6.07, 6.45) is 4.17. The summed E-state index contributed by atoms with van der Waals surface area (Å²) in [7, 11) is 0. The van der Waals surface area contributed by atoms with E-state index >= 15 is 0 Å². The Labute approximate surface area is 108 Å². The van der Waals surface area contributed by atoms with Gasteiger partial charge in [0.1, 0.15) is 0 Å². The van der Waals surface area contributed by atoms with E-state index in [1.54, 1.807) is 0 Å². The van der Waals surface area contributed by atoms with Gasteiger partial charge in [0.15, 0.2) is 0 Å². The van der Waals surface area contributed by atoms with Crippen molar-refractivity contribution >= 4 is 5.91 Å². The molecule has 1 aromatic carbocycles. The van der Waals surface area contributed by atoms with Crippen LogP contribution in [0.4, 0.5) is 0 Å². The third-order valence-electron chi connectivity index (χ3n) is 2.51. The highest BCUT2D eigenvalue weighted by molar-refractivity contribution is 5.77. The van der Waals surface area contributed by atoms with Crippen molar-refractivity contribution in [3.63, 3.8) is 0 Å². The second-order valence-corrected chi connectivity index (χ2v) is 4.04. The number of carbonyl (C=O) groups excluding carboxylic acids is 1. The molecule has 0 saturated heterocycles. The lowest BCUT2D eigenvalue weighted by Gasteiger charge is -2.05. The fourth-order valence-electron chi connectivity index (χ4n) is 1.51. The smallest absolute Gasteiger partial charge is 0.238 e. The van der Waals surface area contributed by atoms with Crippen LogP contribution >= 0.6 is 0 Å². The highest BCUT2D eigenvalue weighted by Gasteiger charge is 2.01. The van der Waals surface area contributed by atoms with Gasteiger partial charge in [0, 0.05) is 6.61 Å². The van der Waals surface area contributed by atoms with E-state index < -0.39 is 0 Å². The van der Waals surface area contributed by atoms with Crippen molar-refractivity contribution in [2.75, 3.05) is 6.61 Å². The van der Waals surface area contributed by atoms with Gasteiger partial charge in [-0.25, -0.2) is 5.84 Å². The summed E-state index contributed by atoms with van der Waals surface area (Å²) in [6, 6.07) is 7.76. The van der Waals surface area contributed by atoms with Crippen molar-refractivity contribution in [2.24, 2.45) is 5.84 Å². The van der Waals surface area contributed by atoms with Crippen LogP contribution in [0, 0.1) is 0 Å². The molecule has 0 fully saturated rings. The molecule has 0 radical (unpaired) electrons. The number of unbranched alkanes of at least 4 members (excludes halogenated alkanes) is 1. The van der Waals surface area contributed by atoms with Gasteiger partial charge in [0.25, 0.3) is 0 Å². The summed E-state index contributed by atoms with van der Waals surface area (Å²) in [5.41, 5.74) is 4.15. The van der Waals surface area contributed by atoms with Crippen LogP contribution in [0.5, 0.6) is 0 Å². The van der Waals surface area contributed by atoms with Gasteiger partial charge in [-0.3, -0.25) is 10.2 Å². The lowest BCUT2D eigenvalue weighted by atomic mass is 10.1. The molecule has 0 aliphatic carbocycles. The van der Waals surface area contributed by atoms with Gasteiger partial charge in [-0.2, -0.15) is 0 Å². The quantitative estimate of drug-likeness (QED) is 0.242. The first kappa shape index (κ1) is 14.4. The Morgan fingerprint density at radius 2 is 2.00 bits per heavy atom. The van der Waals surface area contributed by atoms with Gasteiger partial charge in [-0.05, 0) is 24.0 Å². The standard InChI is InChI=1S/C14H20N2O2/c1-2-3-4-9-18-11-13-7-5-12(6-8-13)10-14(17)16-15/h2,5-8H,1,3-4,9-11,15H2,(H,16,17). The Hall–Kier alpha value is -1.65. The van der Waals surface area contributed by atoms with E-state index in [9.17, 15) is 4.79 Å². The predicted molar refractivity (Wildman–Crippen MR) is 71.6 cm³/mol. The van der Waals surface area contributed by atoms with Crippen LogP contribution < -0.4 is 11.3 Å². The number of hydrogen-bond acceptors (Lipinski definition) is 3. The minimum absolute atomic E-state index is 0.191. The molecule has 0 spiro atoms. The van der Waals surface area contributed by atoms with Crippen molar-refractivity contribution in [2.45, 2.75) is 25.9 Å². The molecule has 1 rings (SSSR count). The van der Waals surface area contributed by atoms with Crippen LogP contribution in [0.2, 0.25) is 0 Å². The van der Waals surface area contributed by atoms with Crippen LogP contribution in [0.15, 0.2) is 36.9 Å². The molecule has 3 N–H and O–H groups in total. The van der Waals surface area contributed by atoms with E-state index in [-0.39, 0.29) is 5.91 Å². The molecule has 0 aliphatic heterocycles. The van der Waals surface area contributed by atoms with E-state index in [4.69, 9.17) is 10.6 Å². The summed E-state index contributed by atoms with van der Waals surface area (Å²) in [6.45, 7) is 5.00. The fraction of sp³-hybridized carbons (Fsp3) is 0.357. The molecule has 18 heavy (non-hydrogen) atoms. The van der Waals surface area contributed by atoms with Crippen molar-refractivity contribution in [3.05, 3.63) is 48.0 Å². The molecule has 0 unspecified atom stereocenters. The summed E-state index contributed by atoms with van der Waals surface area (Å²) in [4.78, 5) is 11.1. The highest BCUT2D eigenvalue weighted by Crippen LogP contribution is 2.07. The van der Waals surface area contributed by atoms with Gasteiger partial charge >= 0.3 is 0 Å². The Bertz CT molecular complexity index is 374. The van der Waals surface area contributed by atoms with Gasteiger partial charge in [-0.1, -0.05) is 30.3 Å². The van der Waals surface area contributed by atoms with E-state index in [0.717, 1.165) is 30.6 Å².